The van der Waals surface area contributed by atoms with Gasteiger partial charge in [0, 0.05) is 37.2 Å². The van der Waals surface area contributed by atoms with Crippen LogP contribution in [-0.2, 0) is 16.4 Å². The molecule has 0 saturated heterocycles. The first kappa shape index (κ1) is 20.5. The Hall–Kier alpha value is -3.20. The normalized spacial score (nSPS) is 11.4. The Morgan fingerprint density at radius 2 is 1.79 bits per heavy atom. The summed E-state index contributed by atoms with van der Waals surface area (Å²) in [5.74, 6) is 0. The Kier molecular flexibility index (Phi) is 5.43. The number of rotatable bonds is 6. The molecule has 0 bridgehead atoms. The van der Waals surface area contributed by atoms with E-state index in [-0.39, 0.29) is 10.6 Å². The van der Waals surface area contributed by atoms with Gasteiger partial charge in [-0.05, 0) is 38.1 Å². The molecule has 3 aromatic rings. The minimum Gasteiger partial charge on any atom is -0.365 e. The quantitative estimate of drug-likeness (QED) is 0.453. The van der Waals surface area contributed by atoms with E-state index >= 15 is 0 Å². The Morgan fingerprint density at radius 1 is 1.14 bits per heavy atom. The zero-order chi connectivity index (χ0) is 21.3. The van der Waals surface area contributed by atoms with Crippen molar-refractivity contribution in [1.29, 1.82) is 0 Å². The van der Waals surface area contributed by atoms with Crippen LogP contribution in [-0.4, -0.2) is 36.4 Å². The minimum atomic E-state index is -3.54. The van der Waals surface area contributed by atoms with E-state index in [1.54, 1.807) is 11.9 Å². The van der Waals surface area contributed by atoms with E-state index in [0.29, 0.717) is 12.2 Å². The predicted molar refractivity (Wildman–Crippen MR) is 111 cm³/mol. The molecular weight excluding hydrogens is 392 g/mol. The summed E-state index contributed by atoms with van der Waals surface area (Å²) in [7, 11) is -1.80. The highest BCUT2D eigenvalue weighted by Gasteiger charge is 2.23. The molecule has 0 amide bonds. The first-order chi connectivity index (χ1) is 13.6. The molecule has 0 fully saturated rings. The number of aryl methyl sites for hydroxylation is 1. The van der Waals surface area contributed by atoms with Crippen molar-refractivity contribution in [1.82, 2.24) is 9.78 Å². The third-order valence-electron chi connectivity index (χ3n) is 4.82. The van der Waals surface area contributed by atoms with Crippen LogP contribution in [0.25, 0.3) is 5.69 Å². The van der Waals surface area contributed by atoms with Gasteiger partial charge in [0.2, 0.25) is 0 Å². The van der Waals surface area contributed by atoms with Crippen LogP contribution in [0.5, 0.6) is 0 Å². The summed E-state index contributed by atoms with van der Waals surface area (Å²) in [4.78, 5) is 12.6. The van der Waals surface area contributed by atoms with Crippen molar-refractivity contribution in [2.75, 3.05) is 18.2 Å². The minimum absolute atomic E-state index is 0.0781. The molecule has 1 heterocycles. The van der Waals surface area contributed by atoms with Crippen molar-refractivity contribution in [3.63, 3.8) is 0 Å². The van der Waals surface area contributed by atoms with Crippen molar-refractivity contribution in [2.45, 2.75) is 25.3 Å². The third-order valence-corrected chi connectivity index (χ3v) is 5.93. The Balaban J connectivity index is 1.98. The number of anilines is 1. The second kappa shape index (κ2) is 7.67. The van der Waals surface area contributed by atoms with Gasteiger partial charge in [0.1, 0.15) is 5.69 Å². The van der Waals surface area contributed by atoms with E-state index in [4.69, 9.17) is 0 Å². The monoisotopic (exact) mass is 414 g/mol. The van der Waals surface area contributed by atoms with Gasteiger partial charge in [-0.2, -0.15) is 5.10 Å². The molecule has 29 heavy (non-hydrogen) atoms. The second-order valence-electron chi connectivity index (χ2n) is 6.93. The zero-order valence-corrected chi connectivity index (χ0v) is 17.5. The lowest BCUT2D eigenvalue weighted by Crippen LogP contribution is -2.19. The van der Waals surface area contributed by atoms with E-state index in [0.717, 1.165) is 35.0 Å². The summed E-state index contributed by atoms with van der Waals surface area (Å²) in [5.41, 5.74) is 3.75. The average Bonchev–Trinajstić information content (AvgIpc) is 2.95. The summed E-state index contributed by atoms with van der Waals surface area (Å²) in [5, 5.41) is 16.2. The van der Waals surface area contributed by atoms with E-state index in [9.17, 15) is 18.5 Å². The zero-order valence-electron chi connectivity index (χ0n) is 16.7. The van der Waals surface area contributed by atoms with Gasteiger partial charge in [0.15, 0.2) is 9.84 Å². The number of hydrogen-bond donors (Lipinski definition) is 0. The summed E-state index contributed by atoms with van der Waals surface area (Å²) < 4.78 is 25.4. The summed E-state index contributed by atoms with van der Waals surface area (Å²) in [6.07, 6.45) is 1.03. The van der Waals surface area contributed by atoms with Crippen molar-refractivity contribution < 1.29 is 13.3 Å². The van der Waals surface area contributed by atoms with Gasteiger partial charge >= 0.3 is 0 Å². The van der Waals surface area contributed by atoms with Gasteiger partial charge in [0.05, 0.1) is 21.2 Å². The molecule has 9 heteroatoms. The van der Waals surface area contributed by atoms with Gasteiger partial charge in [-0.25, -0.2) is 13.1 Å². The van der Waals surface area contributed by atoms with Crippen LogP contribution in [0.3, 0.4) is 0 Å². The van der Waals surface area contributed by atoms with E-state index in [1.165, 1.54) is 12.1 Å². The molecule has 152 valence electrons. The van der Waals surface area contributed by atoms with Crippen molar-refractivity contribution >= 4 is 21.2 Å². The van der Waals surface area contributed by atoms with E-state index < -0.39 is 14.8 Å². The van der Waals surface area contributed by atoms with Crippen LogP contribution in [0.15, 0.2) is 53.4 Å². The maximum Gasteiger partial charge on any atom is 0.293 e. The maximum absolute atomic E-state index is 11.8. The highest BCUT2D eigenvalue weighted by atomic mass is 32.2. The SMILES string of the molecule is Cc1nn(-c2ccccc2)c(C)c1CN(C)c1ccc(S(C)(=O)=O)cc1[N+](=O)[O-]. The molecule has 1 aromatic heterocycles. The number of hydrogen-bond acceptors (Lipinski definition) is 6. The molecule has 0 aliphatic carbocycles. The number of para-hydroxylation sites is 1. The maximum atomic E-state index is 11.8. The Labute approximate surface area is 169 Å². The molecular formula is C20H22N4O4S. The number of benzene rings is 2. The van der Waals surface area contributed by atoms with Gasteiger partial charge in [-0.1, -0.05) is 18.2 Å². The van der Waals surface area contributed by atoms with Crippen LogP contribution in [0.1, 0.15) is 17.0 Å². The average molecular weight is 414 g/mol. The topological polar surface area (TPSA) is 98.3 Å². The van der Waals surface area contributed by atoms with Crippen LogP contribution in [0, 0.1) is 24.0 Å². The fraction of sp³-hybridized carbons (Fsp3) is 0.250. The molecule has 0 radical (unpaired) electrons. The van der Waals surface area contributed by atoms with Crippen LogP contribution < -0.4 is 4.90 Å². The Bertz CT molecular complexity index is 1170. The number of nitro groups is 1. The van der Waals surface area contributed by atoms with Gasteiger partial charge in [-0.3, -0.25) is 10.1 Å². The lowest BCUT2D eigenvalue weighted by atomic mass is 10.1. The highest BCUT2D eigenvalue weighted by Crippen LogP contribution is 2.32. The molecule has 0 unspecified atom stereocenters. The van der Waals surface area contributed by atoms with Gasteiger partial charge in [0.25, 0.3) is 5.69 Å². The van der Waals surface area contributed by atoms with Crippen molar-refractivity contribution in [3.8, 4) is 5.69 Å². The van der Waals surface area contributed by atoms with Crippen molar-refractivity contribution in [3.05, 3.63) is 75.6 Å². The fourth-order valence-electron chi connectivity index (χ4n) is 3.25. The molecule has 2 aromatic carbocycles. The summed E-state index contributed by atoms with van der Waals surface area (Å²) in [6.45, 7) is 4.25. The summed E-state index contributed by atoms with van der Waals surface area (Å²) >= 11 is 0. The van der Waals surface area contributed by atoms with Crippen molar-refractivity contribution in [2.24, 2.45) is 0 Å². The number of sulfone groups is 1. The van der Waals surface area contributed by atoms with E-state index in [1.807, 2.05) is 48.9 Å². The molecule has 8 nitrogen and oxygen atoms in total. The van der Waals surface area contributed by atoms with Crippen LogP contribution in [0.2, 0.25) is 0 Å². The fourth-order valence-corrected chi connectivity index (χ4v) is 3.89. The van der Waals surface area contributed by atoms with Crippen LogP contribution >= 0.6 is 0 Å². The highest BCUT2D eigenvalue weighted by molar-refractivity contribution is 7.90. The molecule has 0 N–H and O–H groups in total. The van der Waals surface area contributed by atoms with Gasteiger partial charge < -0.3 is 4.90 Å². The lowest BCUT2D eigenvalue weighted by molar-refractivity contribution is -0.384. The molecule has 0 atom stereocenters. The first-order valence-electron chi connectivity index (χ1n) is 8.89. The molecule has 3 rings (SSSR count). The molecule has 0 aliphatic rings. The Morgan fingerprint density at radius 3 is 2.38 bits per heavy atom. The molecule has 0 saturated carbocycles. The molecule has 0 aliphatic heterocycles. The first-order valence-corrected chi connectivity index (χ1v) is 10.8. The second-order valence-corrected chi connectivity index (χ2v) is 8.95. The largest absolute Gasteiger partial charge is 0.365 e. The standard InChI is InChI=1S/C20H22N4O4S/c1-14-18(15(2)23(21-14)16-8-6-5-7-9-16)13-22(3)19-11-10-17(29(4,27)28)12-20(19)24(25)26/h5-12H,13H2,1-4H3. The van der Waals surface area contributed by atoms with Crippen LogP contribution in [0.4, 0.5) is 11.4 Å². The number of nitro benzene ring substituents is 1. The number of nitrogens with zero attached hydrogens (tertiary/aromatic N) is 4. The lowest BCUT2D eigenvalue weighted by Gasteiger charge is -2.20. The van der Waals surface area contributed by atoms with Gasteiger partial charge in [-0.15, -0.1) is 0 Å². The number of aromatic nitrogens is 2. The predicted octanol–water partition coefficient (Wildman–Crippen LogP) is 3.44. The van der Waals surface area contributed by atoms with E-state index in [2.05, 4.69) is 5.10 Å². The smallest absolute Gasteiger partial charge is 0.293 e. The molecule has 0 spiro atoms. The summed E-state index contributed by atoms with van der Waals surface area (Å²) in [6, 6.07) is 13.7. The third kappa shape index (κ3) is 4.14.